The number of methoxy groups -OCH3 is 2. The quantitative estimate of drug-likeness (QED) is 0.788. The van der Waals surface area contributed by atoms with Gasteiger partial charge in [0.2, 0.25) is 0 Å². The van der Waals surface area contributed by atoms with Crippen LogP contribution in [0.2, 0.25) is 0 Å². The first-order chi connectivity index (χ1) is 13.0. The van der Waals surface area contributed by atoms with Gasteiger partial charge in [-0.25, -0.2) is 4.90 Å². The van der Waals surface area contributed by atoms with E-state index in [4.69, 9.17) is 14.2 Å². The third-order valence-corrected chi connectivity index (χ3v) is 4.14. The van der Waals surface area contributed by atoms with Crippen molar-refractivity contribution in [2.24, 2.45) is 0 Å². The molecule has 2 aromatic carbocycles. The van der Waals surface area contributed by atoms with Gasteiger partial charge in [0.25, 0.3) is 5.91 Å². The SMILES string of the molecule is CCOc1ccc(C2=C(O)C(=O)N(c3ccc(OC)c(OC)c3)C2=O)cc1. The third-order valence-electron chi connectivity index (χ3n) is 4.14. The summed E-state index contributed by atoms with van der Waals surface area (Å²) in [5, 5.41) is 10.3. The highest BCUT2D eigenvalue weighted by atomic mass is 16.5. The number of carbonyl (C=O) groups is 2. The number of aliphatic hydroxyl groups is 1. The average Bonchev–Trinajstić information content (AvgIpc) is 2.91. The summed E-state index contributed by atoms with van der Waals surface area (Å²) in [6.45, 7) is 2.38. The lowest BCUT2D eigenvalue weighted by Gasteiger charge is -2.17. The van der Waals surface area contributed by atoms with E-state index in [1.165, 1.54) is 20.3 Å². The molecule has 0 saturated heterocycles. The van der Waals surface area contributed by atoms with Gasteiger partial charge in [0.05, 0.1) is 32.1 Å². The third kappa shape index (κ3) is 3.19. The molecule has 3 rings (SSSR count). The molecule has 0 bridgehead atoms. The summed E-state index contributed by atoms with van der Waals surface area (Å²) < 4.78 is 15.8. The van der Waals surface area contributed by atoms with Gasteiger partial charge in [-0.3, -0.25) is 9.59 Å². The van der Waals surface area contributed by atoms with Gasteiger partial charge in [0.1, 0.15) is 5.75 Å². The van der Waals surface area contributed by atoms with E-state index in [2.05, 4.69) is 0 Å². The molecule has 0 saturated carbocycles. The number of ether oxygens (including phenoxy) is 3. The highest BCUT2D eigenvalue weighted by molar-refractivity contribution is 6.44. The maximum absolute atomic E-state index is 12.9. The van der Waals surface area contributed by atoms with E-state index in [-0.39, 0.29) is 11.3 Å². The Labute approximate surface area is 156 Å². The van der Waals surface area contributed by atoms with Crippen LogP contribution >= 0.6 is 0 Å². The molecule has 0 atom stereocenters. The van der Waals surface area contributed by atoms with E-state index in [0.29, 0.717) is 29.4 Å². The van der Waals surface area contributed by atoms with E-state index >= 15 is 0 Å². The van der Waals surface area contributed by atoms with Crippen molar-refractivity contribution in [3.8, 4) is 17.2 Å². The predicted molar refractivity (Wildman–Crippen MR) is 99.2 cm³/mol. The molecule has 1 aliphatic heterocycles. The number of nitrogens with zero attached hydrogens (tertiary/aromatic N) is 1. The Kier molecular flexibility index (Phi) is 5.03. The lowest BCUT2D eigenvalue weighted by atomic mass is 10.1. The van der Waals surface area contributed by atoms with Crippen LogP contribution in [-0.4, -0.2) is 37.7 Å². The van der Waals surface area contributed by atoms with Gasteiger partial charge in [-0.2, -0.15) is 0 Å². The van der Waals surface area contributed by atoms with Gasteiger partial charge < -0.3 is 19.3 Å². The number of hydrogen-bond donors (Lipinski definition) is 1. The maximum atomic E-state index is 12.9. The van der Waals surface area contributed by atoms with Crippen molar-refractivity contribution in [3.63, 3.8) is 0 Å². The van der Waals surface area contributed by atoms with Crippen molar-refractivity contribution in [3.05, 3.63) is 53.8 Å². The van der Waals surface area contributed by atoms with Crippen molar-refractivity contribution < 1.29 is 28.9 Å². The average molecular weight is 369 g/mol. The fraction of sp³-hybridized carbons (Fsp3) is 0.200. The van der Waals surface area contributed by atoms with Crippen molar-refractivity contribution in [1.82, 2.24) is 0 Å². The zero-order valence-corrected chi connectivity index (χ0v) is 15.2. The van der Waals surface area contributed by atoms with E-state index < -0.39 is 17.6 Å². The Hall–Kier alpha value is -3.48. The van der Waals surface area contributed by atoms with E-state index in [9.17, 15) is 14.7 Å². The number of carbonyl (C=O) groups excluding carboxylic acids is 2. The first kappa shape index (κ1) is 18.3. The van der Waals surface area contributed by atoms with E-state index in [1.807, 2.05) is 6.92 Å². The van der Waals surface area contributed by atoms with Gasteiger partial charge in [-0.05, 0) is 36.8 Å². The maximum Gasteiger partial charge on any atom is 0.301 e. The van der Waals surface area contributed by atoms with Crippen LogP contribution in [0.3, 0.4) is 0 Å². The van der Waals surface area contributed by atoms with E-state index in [1.54, 1.807) is 36.4 Å². The molecule has 0 radical (unpaired) electrons. The molecule has 7 nitrogen and oxygen atoms in total. The molecule has 0 aromatic heterocycles. The minimum atomic E-state index is -0.795. The Bertz CT molecular complexity index is 917. The number of rotatable bonds is 6. The molecule has 2 amide bonds. The highest BCUT2D eigenvalue weighted by Crippen LogP contribution is 2.36. The molecule has 1 aliphatic rings. The predicted octanol–water partition coefficient (Wildman–Crippen LogP) is 2.95. The summed E-state index contributed by atoms with van der Waals surface area (Å²) in [4.78, 5) is 26.3. The number of imide groups is 1. The monoisotopic (exact) mass is 369 g/mol. The van der Waals surface area contributed by atoms with Crippen LogP contribution in [0.1, 0.15) is 12.5 Å². The first-order valence-corrected chi connectivity index (χ1v) is 8.29. The number of hydrogen-bond acceptors (Lipinski definition) is 6. The molecular weight excluding hydrogens is 350 g/mol. The van der Waals surface area contributed by atoms with Crippen molar-refractivity contribution in [2.75, 3.05) is 25.7 Å². The molecular formula is C20H19NO6. The second kappa shape index (κ2) is 7.41. The lowest BCUT2D eigenvalue weighted by molar-refractivity contribution is -0.121. The van der Waals surface area contributed by atoms with Gasteiger partial charge in [0, 0.05) is 6.07 Å². The lowest BCUT2D eigenvalue weighted by Crippen LogP contribution is -2.31. The fourth-order valence-electron chi connectivity index (χ4n) is 2.86. The Morgan fingerprint density at radius 3 is 2.19 bits per heavy atom. The minimum absolute atomic E-state index is 0.0576. The fourth-order valence-corrected chi connectivity index (χ4v) is 2.86. The Balaban J connectivity index is 1.96. The molecule has 1 N–H and O–H groups in total. The number of aliphatic hydroxyl groups excluding tert-OH is 1. The van der Waals surface area contributed by atoms with Crippen molar-refractivity contribution in [1.29, 1.82) is 0 Å². The summed E-state index contributed by atoms with van der Waals surface area (Å²) in [7, 11) is 2.94. The minimum Gasteiger partial charge on any atom is -0.502 e. The smallest absolute Gasteiger partial charge is 0.301 e. The standard InChI is InChI=1S/C20H19NO6/c1-4-27-14-8-5-12(6-9-14)17-18(22)20(24)21(19(17)23)13-7-10-15(25-2)16(11-13)26-3/h5-11,22H,4H2,1-3H3. The largest absolute Gasteiger partial charge is 0.502 e. The summed E-state index contributed by atoms with van der Waals surface area (Å²) in [6, 6.07) is 11.2. The van der Waals surface area contributed by atoms with Crippen LogP contribution in [0.15, 0.2) is 48.2 Å². The zero-order valence-electron chi connectivity index (χ0n) is 15.2. The molecule has 2 aromatic rings. The summed E-state index contributed by atoms with van der Waals surface area (Å²) in [6.07, 6.45) is 0. The molecule has 0 unspecified atom stereocenters. The summed E-state index contributed by atoms with van der Waals surface area (Å²) in [5.41, 5.74) is 0.644. The van der Waals surface area contributed by atoms with Crippen molar-refractivity contribution in [2.45, 2.75) is 6.92 Å². The molecule has 27 heavy (non-hydrogen) atoms. The van der Waals surface area contributed by atoms with Crippen LogP contribution in [0.25, 0.3) is 5.57 Å². The normalized spacial score (nSPS) is 14.0. The van der Waals surface area contributed by atoms with Crippen LogP contribution in [0.5, 0.6) is 17.2 Å². The number of anilines is 1. The summed E-state index contributed by atoms with van der Waals surface area (Å²) in [5.74, 6) is -0.548. The molecule has 140 valence electrons. The Morgan fingerprint density at radius 1 is 0.926 bits per heavy atom. The molecule has 7 heteroatoms. The topological polar surface area (TPSA) is 85.3 Å². The van der Waals surface area contributed by atoms with Gasteiger partial charge >= 0.3 is 5.91 Å². The van der Waals surface area contributed by atoms with Crippen LogP contribution < -0.4 is 19.1 Å². The van der Waals surface area contributed by atoms with Gasteiger partial charge in [0.15, 0.2) is 17.3 Å². The molecule has 0 spiro atoms. The number of benzene rings is 2. The van der Waals surface area contributed by atoms with E-state index in [0.717, 1.165) is 4.90 Å². The number of amides is 2. The van der Waals surface area contributed by atoms with Crippen molar-refractivity contribution >= 4 is 23.1 Å². The van der Waals surface area contributed by atoms with Crippen LogP contribution in [-0.2, 0) is 9.59 Å². The zero-order chi connectivity index (χ0) is 19.6. The van der Waals surface area contributed by atoms with Crippen LogP contribution in [0, 0.1) is 0 Å². The molecule has 1 heterocycles. The van der Waals surface area contributed by atoms with Gasteiger partial charge in [-0.1, -0.05) is 12.1 Å². The first-order valence-electron chi connectivity index (χ1n) is 8.29. The second-order valence-corrected chi connectivity index (χ2v) is 5.67. The Morgan fingerprint density at radius 2 is 1.59 bits per heavy atom. The summed E-state index contributed by atoms with van der Waals surface area (Å²) >= 11 is 0. The van der Waals surface area contributed by atoms with Crippen LogP contribution in [0.4, 0.5) is 5.69 Å². The second-order valence-electron chi connectivity index (χ2n) is 5.67. The molecule has 0 aliphatic carbocycles. The highest BCUT2D eigenvalue weighted by Gasteiger charge is 2.40. The molecule has 0 fully saturated rings. The van der Waals surface area contributed by atoms with Gasteiger partial charge in [-0.15, -0.1) is 0 Å².